The van der Waals surface area contributed by atoms with E-state index in [0.717, 1.165) is 0 Å². The van der Waals surface area contributed by atoms with Crippen LogP contribution in [0.2, 0.25) is 0 Å². The maximum atomic E-state index is 12.8. The van der Waals surface area contributed by atoms with Gasteiger partial charge in [-0.3, -0.25) is 4.79 Å². The van der Waals surface area contributed by atoms with Crippen LogP contribution in [-0.4, -0.2) is 41.2 Å². The lowest BCUT2D eigenvalue weighted by Gasteiger charge is -2.29. The molecule has 12 heteroatoms. The quantitative estimate of drug-likeness (QED) is 0.738. The summed E-state index contributed by atoms with van der Waals surface area (Å²) >= 11 is 0. The number of aromatic nitrogens is 2. The summed E-state index contributed by atoms with van der Waals surface area (Å²) in [7, 11) is -4.41. The summed E-state index contributed by atoms with van der Waals surface area (Å²) in [5.41, 5.74) is 0.0765. The maximum Gasteiger partial charge on any atom is 0.336 e. The van der Waals surface area contributed by atoms with Crippen molar-refractivity contribution in [3.05, 3.63) is 47.5 Å². The number of hydrogen-bond acceptors (Lipinski definition) is 8. The molecule has 0 fully saturated rings. The first kappa shape index (κ1) is 19.7. The van der Waals surface area contributed by atoms with Crippen molar-refractivity contribution in [2.24, 2.45) is 0 Å². The van der Waals surface area contributed by atoms with Gasteiger partial charge in [-0.1, -0.05) is 6.07 Å². The lowest BCUT2D eigenvalue weighted by molar-refractivity contribution is -0.121. The smallest absolute Gasteiger partial charge is 0.336 e. The van der Waals surface area contributed by atoms with Crippen molar-refractivity contribution in [3.8, 4) is 12.1 Å². The van der Waals surface area contributed by atoms with Crippen molar-refractivity contribution < 1.29 is 18.0 Å². The van der Waals surface area contributed by atoms with Crippen LogP contribution in [0.15, 0.2) is 35.5 Å². The Kier molecular flexibility index (Phi) is 5.12. The number of benzene rings is 1. The van der Waals surface area contributed by atoms with Crippen LogP contribution in [0.3, 0.4) is 0 Å². The summed E-state index contributed by atoms with van der Waals surface area (Å²) in [6.45, 7) is 0.765. The number of fused-ring (bicyclic) bond motifs is 1. The van der Waals surface area contributed by atoms with E-state index < -0.39 is 34.5 Å². The van der Waals surface area contributed by atoms with Gasteiger partial charge in [-0.05, 0) is 19.1 Å². The Morgan fingerprint density at radius 2 is 1.97 bits per heavy atom. The summed E-state index contributed by atoms with van der Waals surface area (Å²) in [5, 5.41) is 22.8. The van der Waals surface area contributed by atoms with Crippen LogP contribution in [0, 0.1) is 22.7 Å². The largest absolute Gasteiger partial charge is 0.345 e. The Morgan fingerprint density at radius 1 is 1.28 bits per heavy atom. The van der Waals surface area contributed by atoms with Crippen molar-refractivity contribution in [1.29, 1.82) is 10.5 Å². The number of amides is 3. The second-order valence-electron chi connectivity index (χ2n) is 5.97. The van der Waals surface area contributed by atoms with Crippen molar-refractivity contribution in [1.82, 2.24) is 19.6 Å². The Bertz CT molecular complexity index is 1180. The number of nitrogens with zero attached hydrogens (tertiary/aromatic N) is 5. The van der Waals surface area contributed by atoms with Crippen LogP contribution >= 0.6 is 0 Å². The molecule has 0 radical (unpaired) electrons. The summed E-state index contributed by atoms with van der Waals surface area (Å²) < 4.78 is 26.0. The molecule has 2 N–H and O–H groups in total. The minimum Gasteiger partial charge on any atom is -0.345 e. The molecule has 0 bridgehead atoms. The molecule has 29 heavy (non-hydrogen) atoms. The van der Waals surface area contributed by atoms with Crippen molar-refractivity contribution in [2.75, 3.05) is 11.9 Å². The third-order valence-corrected chi connectivity index (χ3v) is 5.84. The average molecular weight is 411 g/mol. The highest BCUT2D eigenvalue weighted by atomic mass is 32.2. The molecule has 3 amide bonds. The molecule has 2 heterocycles. The fraction of sp³-hybridized carbons (Fsp3) is 0.176. The third kappa shape index (κ3) is 3.69. The van der Waals surface area contributed by atoms with E-state index in [-0.39, 0.29) is 27.5 Å². The highest BCUT2D eigenvalue weighted by Crippen LogP contribution is 2.32. The molecule has 0 spiro atoms. The average Bonchev–Trinajstić information content (AvgIpc) is 2.70. The van der Waals surface area contributed by atoms with E-state index in [1.165, 1.54) is 30.6 Å². The molecule has 11 nitrogen and oxygen atoms in total. The molecule has 1 atom stereocenters. The van der Waals surface area contributed by atoms with Gasteiger partial charge in [0.1, 0.15) is 29.4 Å². The van der Waals surface area contributed by atoms with E-state index in [1.807, 2.05) is 6.07 Å². The Balaban J connectivity index is 1.80. The normalized spacial score (nSPS) is 15.3. The first-order valence-electron chi connectivity index (χ1n) is 8.16. The van der Waals surface area contributed by atoms with Crippen LogP contribution in [-0.2, 0) is 14.8 Å². The van der Waals surface area contributed by atoms with Gasteiger partial charge in [0.2, 0.25) is 5.91 Å². The van der Waals surface area contributed by atoms with Crippen LogP contribution in [0.25, 0.3) is 0 Å². The topological polar surface area (TPSA) is 169 Å². The van der Waals surface area contributed by atoms with Gasteiger partial charge in [-0.15, -0.1) is 0 Å². The molecule has 0 saturated heterocycles. The van der Waals surface area contributed by atoms with Crippen molar-refractivity contribution in [2.45, 2.75) is 17.9 Å². The number of hydrogen-bond donors (Lipinski definition) is 2. The summed E-state index contributed by atoms with van der Waals surface area (Å²) in [4.78, 5) is 32.1. The second kappa shape index (κ2) is 7.53. The molecule has 1 aromatic heterocycles. The van der Waals surface area contributed by atoms with E-state index in [9.17, 15) is 23.3 Å². The molecule has 1 aromatic carbocycles. The lowest BCUT2D eigenvalue weighted by atomic mass is 10.2. The van der Waals surface area contributed by atoms with Gasteiger partial charge in [-0.25, -0.2) is 27.5 Å². The fourth-order valence-electron chi connectivity index (χ4n) is 2.66. The minimum absolute atomic E-state index is 0.0231. The molecular weight excluding hydrogens is 398 g/mol. The van der Waals surface area contributed by atoms with Crippen molar-refractivity contribution >= 4 is 27.6 Å². The summed E-state index contributed by atoms with van der Waals surface area (Å²) in [5.74, 6) is -0.567. The molecule has 0 unspecified atom stereocenters. The van der Waals surface area contributed by atoms with E-state index in [0.29, 0.717) is 4.31 Å². The SMILES string of the molecule is C[C@H](NC(=O)CN1C(=O)Nc2cccc(C#N)c2S1(=O)=O)c1ncc(C#N)cn1. The fourth-order valence-corrected chi connectivity index (χ4v) is 4.22. The standard InChI is InChI=1S/C17H13N7O4S/c1-10(16-20-7-11(5-18)8-21-16)22-14(25)9-24-17(26)23-13-4-2-3-12(6-19)15(13)29(24,27)28/h2-4,7-8,10H,9H2,1H3,(H,22,25)(H,23,26)/t10-/m0/s1. The number of nitrogens with one attached hydrogen (secondary N) is 2. The second-order valence-corrected chi connectivity index (χ2v) is 7.77. The van der Waals surface area contributed by atoms with Gasteiger partial charge in [0.15, 0.2) is 0 Å². The first-order valence-corrected chi connectivity index (χ1v) is 9.60. The minimum atomic E-state index is -4.41. The molecule has 1 aliphatic rings. The van der Waals surface area contributed by atoms with E-state index in [1.54, 1.807) is 13.0 Å². The van der Waals surface area contributed by atoms with E-state index in [2.05, 4.69) is 20.6 Å². The van der Waals surface area contributed by atoms with Gasteiger partial charge >= 0.3 is 6.03 Å². The first-order chi connectivity index (χ1) is 13.8. The molecule has 146 valence electrons. The number of sulfonamides is 1. The van der Waals surface area contributed by atoms with Crippen molar-refractivity contribution in [3.63, 3.8) is 0 Å². The zero-order chi connectivity index (χ0) is 21.2. The number of urea groups is 1. The monoisotopic (exact) mass is 411 g/mol. The van der Waals surface area contributed by atoms with Crippen LogP contribution in [0.4, 0.5) is 10.5 Å². The molecule has 0 aliphatic carbocycles. The Labute approximate surface area is 165 Å². The number of anilines is 1. The molecule has 3 rings (SSSR count). The molecule has 0 saturated carbocycles. The maximum absolute atomic E-state index is 12.8. The van der Waals surface area contributed by atoms with Gasteiger partial charge in [0, 0.05) is 12.4 Å². The highest BCUT2D eigenvalue weighted by Gasteiger charge is 2.39. The highest BCUT2D eigenvalue weighted by molar-refractivity contribution is 7.90. The summed E-state index contributed by atoms with van der Waals surface area (Å²) in [6, 6.07) is 6.02. The predicted octanol–water partition coefficient (Wildman–Crippen LogP) is 0.634. The van der Waals surface area contributed by atoms with Gasteiger partial charge < -0.3 is 10.6 Å². The number of rotatable bonds is 4. The van der Waals surface area contributed by atoms with Crippen LogP contribution < -0.4 is 10.6 Å². The molecular formula is C17H13N7O4S. The number of nitriles is 2. The van der Waals surface area contributed by atoms with E-state index in [4.69, 9.17) is 5.26 Å². The zero-order valence-electron chi connectivity index (χ0n) is 14.9. The van der Waals surface area contributed by atoms with Crippen LogP contribution in [0.5, 0.6) is 0 Å². The number of carbonyl (C=O) groups excluding carboxylic acids is 2. The number of carbonyl (C=O) groups is 2. The van der Waals surface area contributed by atoms with Crippen LogP contribution in [0.1, 0.15) is 29.9 Å². The van der Waals surface area contributed by atoms with Gasteiger partial charge in [0.25, 0.3) is 10.0 Å². The van der Waals surface area contributed by atoms with Gasteiger partial charge in [0.05, 0.1) is 22.9 Å². The summed E-state index contributed by atoms with van der Waals surface area (Å²) in [6.07, 6.45) is 2.57. The Hall–Kier alpha value is -4.03. The van der Waals surface area contributed by atoms with Gasteiger partial charge in [-0.2, -0.15) is 10.5 Å². The predicted molar refractivity (Wildman–Crippen MR) is 97.4 cm³/mol. The van der Waals surface area contributed by atoms with E-state index >= 15 is 0 Å². The third-order valence-electron chi connectivity index (χ3n) is 4.00. The molecule has 1 aliphatic heterocycles. The lowest BCUT2D eigenvalue weighted by Crippen LogP contribution is -2.49. The zero-order valence-corrected chi connectivity index (χ0v) is 15.8. The molecule has 2 aromatic rings. The Morgan fingerprint density at radius 3 is 2.59 bits per heavy atom.